The van der Waals surface area contributed by atoms with E-state index in [0.29, 0.717) is 28.2 Å². The molecule has 0 unspecified atom stereocenters. The Morgan fingerprint density at radius 1 is 1.11 bits per heavy atom. The Hall–Kier alpha value is -0.400. The number of hydrogen-bond donors (Lipinski definition) is 1. The van der Waals surface area contributed by atoms with Gasteiger partial charge < -0.3 is 19.7 Å². The highest BCUT2D eigenvalue weighted by molar-refractivity contribution is 9.10. The molecule has 0 heterocycles. The Balaban J connectivity index is 0.00000364. The van der Waals surface area contributed by atoms with Gasteiger partial charge in [0.05, 0.1) is 11.6 Å². The van der Waals surface area contributed by atoms with Crippen molar-refractivity contribution >= 4 is 63.9 Å². The molecule has 0 saturated carbocycles. The summed E-state index contributed by atoms with van der Waals surface area (Å²) in [6, 6.07) is 9.36. The second-order valence-electron chi connectivity index (χ2n) is 6.11. The van der Waals surface area contributed by atoms with Gasteiger partial charge in [-0.2, -0.15) is 0 Å². The summed E-state index contributed by atoms with van der Waals surface area (Å²) in [6.07, 6.45) is 0. The molecule has 0 radical (unpaired) electrons. The van der Waals surface area contributed by atoms with Crippen LogP contribution in [0.4, 0.5) is 0 Å². The van der Waals surface area contributed by atoms with E-state index in [1.807, 2.05) is 18.2 Å². The smallest absolute Gasteiger partial charge is 0.175 e. The monoisotopic (exact) mass is 532 g/mol. The summed E-state index contributed by atoms with van der Waals surface area (Å²) < 4.78 is 12.3. The lowest BCUT2D eigenvalue weighted by atomic mass is 10.2. The van der Waals surface area contributed by atoms with Crippen LogP contribution in [-0.2, 0) is 13.2 Å². The highest BCUT2D eigenvalue weighted by Gasteiger charge is 2.13. The van der Waals surface area contributed by atoms with E-state index >= 15 is 0 Å². The van der Waals surface area contributed by atoms with Crippen LogP contribution >= 0.6 is 63.9 Å². The Morgan fingerprint density at radius 2 is 1.82 bits per heavy atom. The van der Waals surface area contributed by atoms with Gasteiger partial charge in [-0.15, -0.1) is 24.8 Å². The fourth-order valence-corrected chi connectivity index (χ4v) is 3.41. The van der Waals surface area contributed by atoms with Gasteiger partial charge >= 0.3 is 0 Å². The predicted octanol–water partition coefficient (Wildman–Crippen LogP) is 5.84. The molecule has 28 heavy (non-hydrogen) atoms. The van der Waals surface area contributed by atoms with Gasteiger partial charge in [0.2, 0.25) is 0 Å². The summed E-state index contributed by atoms with van der Waals surface area (Å²) in [7, 11) is 5.74. The molecule has 0 spiro atoms. The average Bonchev–Trinajstić information content (AvgIpc) is 2.58. The minimum Gasteiger partial charge on any atom is -0.493 e. The largest absolute Gasteiger partial charge is 0.493 e. The number of ether oxygens (including phenoxy) is 2. The number of benzene rings is 2. The van der Waals surface area contributed by atoms with E-state index in [4.69, 9.17) is 32.7 Å². The Kier molecular flexibility index (Phi) is 13.6. The van der Waals surface area contributed by atoms with Gasteiger partial charge in [-0.1, -0.05) is 29.3 Å². The number of nitrogens with zero attached hydrogens (tertiary/aromatic N) is 1. The predicted molar refractivity (Wildman–Crippen MR) is 126 cm³/mol. The molecule has 2 aromatic rings. The third kappa shape index (κ3) is 8.54. The standard InChI is InChI=1S/C19H23BrCl2N2O2.2ClH/c1-24(2)7-6-23-11-13-8-16(20)19(18(9-13)25-3)26-12-14-4-5-15(21)10-17(14)22;;/h4-5,8-10,23H,6-7,11-12H2,1-3H3;2*1H. The molecule has 4 nitrogen and oxygen atoms in total. The summed E-state index contributed by atoms with van der Waals surface area (Å²) in [6.45, 7) is 2.99. The van der Waals surface area contributed by atoms with Gasteiger partial charge in [0.1, 0.15) is 6.61 Å². The van der Waals surface area contributed by atoms with Crippen molar-refractivity contribution in [1.82, 2.24) is 10.2 Å². The van der Waals surface area contributed by atoms with Crippen LogP contribution in [0.25, 0.3) is 0 Å². The highest BCUT2D eigenvalue weighted by Crippen LogP contribution is 2.37. The van der Waals surface area contributed by atoms with Gasteiger partial charge in [0.25, 0.3) is 0 Å². The minimum atomic E-state index is 0. The molecule has 9 heteroatoms. The summed E-state index contributed by atoms with van der Waals surface area (Å²) in [5.74, 6) is 1.32. The highest BCUT2D eigenvalue weighted by atomic mass is 79.9. The lowest BCUT2D eigenvalue weighted by Crippen LogP contribution is -2.26. The van der Waals surface area contributed by atoms with Crippen LogP contribution in [0.2, 0.25) is 10.0 Å². The van der Waals surface area contributed by atoms with Gasteiger partial charge in [0.15, 0.2) is 11.5 Å². The zero-order chi connectivity index (χ0) is 19.1. The topological polar surface area (TPSA) is 33.7 Å². The first-order valence-corrected chi connectivity index (χ1v) is 9.74. The molecule has 0 aromatic heterocycles. The summed E-state index contributed by atoms with van der Waals surface area (Å²) in [5.41, 5.74) is 1.98. The van der Waals surface area contributed by atoms with Crippen LogP contribution in [0, 0.1) is 0 Å². The van der Waals surface area contributed by atoms with Gasteiger partial charge in [-0.25, -0.2) is 0 Å². The fraction of sp³-hybridized carbons (Fsp3) is 0.368. The first kappa shape index (κ1) is 27.6. The lowest BCUT2D eigenvalue weighted by molar-refractivity contribution is 0.282. The zero-order valence-corrected chi connectivity index (χ0v) is 20.7. The number of methoxy groups -OCH3 is 1. The van der Waals surface area contributed by atoms with E-state index in [1.165, 1.54) is 0 Å². The van der Waals surface area contributed by atoms with Crippen molar-refractivity contribution < 1.29 is 9.47 Å². The number of hydrogen-bond acceptors (Lipinski definition) is 4. The average molecular weight is 535 g/mol. The molecule has 158 valence electrons. The van der Waals surface area contributed by atoms with Crippen molar-refractivity contribution in [2.45, 2.75) is 13.2 Å². The maximum atomic E-state index is 6.21. The SMILES string of the molecule is COc1cc(CNCCN(C)C)cc(Br)c1OCc1ccc(Cl)cc1Cl.Cl.Cl. The molecule has 1 N–H and O–H groups in total. The van der Waals surface area contributed by atoms with Crippen molar-refractivity contribution in [2.75, 3.05) is 34.3 Å². The van der Waals surface area contributed by atoms with Crippen LogP contribution < -0.4 is 14.8 Å². The number of likely N-dealkylation sites (N-methyl/N-ethyl adjacent to an activating group) is 1. The second kappa shape index (κ2) is 13.8. The first-order valence-electron chi connectivity index (χ1n) is 8.19. The number of rotatable bonds is 9. The van der Waals surface area contributed by atoms with Crippen LogP contribution in [0.1, 0.15) is 11.1 Å². The van der Waals surface area contributed by atoms with Crippen molar-refractivity contribution in [3.63, 3.8) is 0 Å². The summed E-state index contributed by atoms with van der Waals surface area (Å²) >= 11 is 15.7. The lowest BCUT2D eigenvalue weighted by Gasteiger charge is -2.16. The normalized spacial score (nSPS) is 10.2. The quantitative estimate of drug-likeness (QED) is 0.410. The van der Waals surface area contributed by atoms with E-state index in [1.54, 1.807) is 19.2 Å². The van der Waals surface area contributed by atoms with E-state index < -0.39 is 0 Å². The van der Waals surface area contributed by atoms with Gasteiger partial charge in [-0.3, -0.25) is 0 Å². The zero-order valence-electron chi connectivity index (χ0n) is 15.9. The van der Waals surface area contributed by atoms with Crippen molar-refractivity contribution in [3.05, 3.63) is 56.0 Å². The molecular formula is C19H25BrCl4N2O2. The molecule has 2 rings (SSSR count). The molecule has 0 amide bonds. The van der Waals surface area contributed by atoms with Crippen LogP contribution in [0.5, 0.6) is 11.5 Å². The summed E-state index contributed by atoms with van der Waals surface area (Å²) in [5, 5.41) is 4.59. The third-order valence-corrected chi connectivity index (χ3v) is 4.92. The molecule has 0 bridgehead atoms. The first-order chi connectivity index (χ1) is 12.4. The third-order valence-electron chi connectivity index (χ3n) is 3.74. The fourth-order valence-electron chi connectivity index (χ4n) is 2.34. The Morgan fingerprint density at radius 3 is 2.43 bits per heavy atom. The van der Waals surface area contributed by atoms with E-state index in [-0.39, 0.29) is 24.8 Å². The molecular weight excluding hydrogens is 510 g/mol. The van der Waals surface area contributed by atoms with Gasteiger partial charge in [0, 0.05) is 35.2 Å². The molecule has 2 aromatic carbocycles. The maximum absolute atomic E-state index is 6.21. The number of nitrogens with one attached hydrogen (secondary N) is 1. The maximum Gasteiger partial charge on any atom is 0.175 e. The van der Waals surface area contributed by atoms with Crippen LogP contribution in [0.15, 0.2) is 34.8 Å². The molecule has 0 aliphatic heterocycles. The van der Waals surface area contributed by atoms with Crippen molar-refractivity contribution in [2.24, 2.45) is 0 Å². The molecule has 0 aliphatic rings. The summed E-state index contributed by atoms with van der Waals surface area (Å²) in [4.78, 5) is 2.14. The Bertz CT molecular complexity index is 748. The molecule has 0 fully saturated rings. The van der Waals surface area contributed by atoms with E-state index in [0.717, 1.165) is 35.2 Å². The van der Waals surface area contributed by atoms with Gasteiger partial charge in [-0.05, 0) is 59.9 Å². The van der Waals surface area contributed by atoms with E-state index in [9.17, 15) is 0 Å². The van der Waals surface area contributed by atoms with E-state index in [2.05, 4.69) is 40.2 Å². The van der Waals surface area contributed by atoms with Crippen LogP contribution in [0.3, 0.4) is 0 Å². The molecule has 0 atom stereocenters. The number of halogens is 5. The molecule has 0 saturated heterocycles. The van der Waals surface area contributed by atoms with Crippen molar-refractivity contribution in [3.8, 4) is 11.5 Å². The van der Waals surface area contributed by atoms with Crippen molar-refractivity contribution in [1.29, 1.82) is 0 Å². The second-order valence-corrected chi connectivity index (χ2v) is 7.81. The van der Waals surface area contributed by atoms with Crippen LogP contribution in [-0.4, -0.2) is 39.2 Å². The minimum absolute atomic E-state index is 0. The Labute approximate surface area is 197 Å². The molecule has 0 aliphatic carbocycles.